The van der Waals surface area contributed by atoms with Gasteiger partial charge in [-0.25, -0.2) is 0 Å². The first-order chi connectivity index (χ1) is 6.58. The highest BCUT2D eigenvalue weighted by molar-refractivity contribution is 5.02. The molecule has 0 saturated carbocycles. The molecule has 0 amide bonds. The third-order valence-corrected chi connectivity index (χ3v) is 2.60. The van der Waals surface area contributed by atoms with Gasteiger partial charge in [0.05, 0.1) is 12.2 Å². The maximum Gasteiger partial charge on any atom is 0.103 e. The van der Waals surface area contributed by atoms with Gasteiger partial charge in [-0.3, -0.25) is 0 Å². The van der Waals surface area contributed by atoms with Gasteiger partial charge in [0.1, 0.15) is 5.54 Å². The summed E-state index contributed by atoms with van der Waals surface area (Å²) in [5, 5.41) is 11.9. The van der Waals surface area contributed by atoms with Gasteiger partial charge in [0.25, 0.3) is 0 Å². The lowest BCUT2D eigenvalue weighted by atomic mass is 9.98. The summed E-state index contributed by atoms with van der Waals surface area (Å²) in [6.07, 6.45) is 3.13. The summed E-state index contributed by atoms with van der Waals surface area (Å²) in [6.45, 7) is 6.84. The molecule has 0 aromatic heterocycles. The van der Waals surface area contributed by atoms with Crippen LogP contribution < -0.4 is 5.32 Å². The van der Waals surface area contributed by atoms with Crippen molar-refractivity contribution < 1.29 is 4.74 Å². The molecule has 14 heavy (non-hydrogen) atoms. The van der Waals surface area contributed by atoms with E-state index in [2.05, 4.69) is 25.2 Å². The largest absolute Gasteiger partial charge is 0.379 e. The second-order valence-electron chi connectivity index (χ2n) is 3.89. The van der Waals surface area contributed by atoms with Crippen LogP contribution >= 0.6 is 0 Å². The summed E-state index contributed by atoms with van der Waals surface area (Å²) < 4.78 is 5.54. The van der Waals surface area contributed by atoms with E-state index in [4.69, 9.17) is 10.00 Å². The number of ether oxygens (including phenoxy) is 1. The number of nitriles is 1. The maximum atomic E-state index is 8.89. The van der Waals surface area contributed by atoms with Gasteiger partial charge in [0, 0.05) is 6.61 Å². The average Bonchev–Trinajstić information content (AvgIpc) is 2.23. The summed E-state index contributed by atoms with van der Waals surface area (Å²) in [4.78, 5) is 0. The van der Waals surface area contributed by atoms with Gasteiger partial charge in [-0.05, 0) is 40.2 Å². The fourth-order valence-corrected chi connectivity index (χ4v) is 1.06. The van der Waals surface area contributed by atoms with E-state index in [9.17, 15) is 0 Å². The fourth-order valence-electron chi connectivity index (χ4n) is 1.06. The van der Waals surface area contributed by atoms with Crippen LogP contribution in [-0.4, -0.2) is 25.3 Å². The van der Waals surface area contributed by atoms with Crippen LogP contribution in [0.15, 0.2) is 0 Å². The second-order valence-corrected chi connectivity index (χ2v) is 3.89. The molecule has 3 heteroatoms. The summed E-state index contributed by atoms with van der Waals surface area (Å²) >= 11 is 0. The quantitative estimate of drug-likeness (QED) is 0.637. The lowest BCUT2D eigenvalue weighted by Gasteiger charge is -2.20. The smallest absolute Gasteiger partial charge is 0.103 e. The molecule has 0 aliphatic rings. The van der Waals surface area contributed by atoms with Gasteiger partial charge in [-0.2, -0.15) is 5.26 Å². The Morgan fingerprint density at radius 3 is 2.64 bits per heavy atom. The number of nitrogens with one attached hydrogen (secondary N) is 1. The van der Waals surface area contributed by atoms with Crippen LogP contribution in [-0.2, 0) is 4.74 Å². The van der Waals surface area contributed by atoms with Crippen molar-refractivity contribution in [1.29, 1.82) is 5.26 Å². The van der Waals surface area contributed by atoms with Crippen LogP contribution in [0.1, 0.15) is 40.0 Å². The molecule has 0 saturated heterocycles. The van der Waals surface area contributed by atoms with E-state index in [1.54, 1.807) is 0 Å². The standard InChI is InChI=1S/C11H22N2O/c1-5-10(2)14-8-6-7-11(3,9-12)13-4/h10,13H,5-8H2,1-4H3. The SMILES string of the molecule is CCC(C)OCCCC(C)(C#N)NC. The van der Waals surface area contributed by atoms with Crippen LogP contribution in [0.25, 0.3) is 0 Å². The van der Waals surface area contributed by atoms with E-state index < -0.39 is 5.54 Å². The van der Waals surface area contributed by atoms with Crippen molar-refractivity contribution in [3.8, 4) is 6.07 Å². The first-order valence-corrected chi connectivity index (χ1v) is 5.29. The van der Waals surface area contributed by atoms with E-state index in [1.807, 2.05) is 14.0 Å². The molecular formula is C11H22N2O. The second kappa shape index (κ2) is 6.80. The summed E-state index contributed by atoms with van der Waals surface area (Å²) in [5.74, 6) is 0. The molecule has 0 radical (unpaired) electrons. The van der Waals surface area contributed by atoms with Crippen molar-refractivity contribution in [3.05, 3.63) is 0 Å². The highest BCUT2D eigenvalue weighted by atomic mass is 16.5. The van der Waals surface area contributed by atoms with Gasteiger partial charge < -0.3 is 10.1 Å². The topological polar surface area (TPSA) is 45.0 Å². The zero-order chi connectivity index (χ0) is 11.0. The van der Waals surface area contributed by atoms with E-state index in [0.29, 0.717) is 6.10 Å². The van der Waals surface area contributed by atoms with Crippen molar-refractivity contribution in [2.24, 2.45) is 0 Å². The Morgan fingerprint density at radius 1 is 1.57 bits per heavy atom. The van der Waals surface area contributed by atoms with E-state index in [0.717, 1.165) is 25.9 Å². The Bertz CT molecular complexity index is 188. The Balaban J connectivity index is 3.59. The molecule has 0 aromatic carbocycles. The summed E-state index contributed by atoms with van der Waals surface area (Å²) in [7, 11) is 1.82. The van der Waals surface area contributed by atoms with E-state index in [-0.39, 0.29) is 0 Å². The molecule has 0 aromatic rings. The lowest BCUT2D eigenvalue weighted by molar-refractivity contribution is 0.0588. The molecule has 0 aliphatic carbocycles. The molecule has 0 bridgehead atoms. The van der Waals surface area contributed by atoms with Crippen LogP contribution in [0.5, 0.6) is 0 Å². The maximum absolute atomic E-state index is 8.89. The van der Waals surface area contributed by atoms with Gasteiger partial charge in [0.2, 0.25) is 0 Å². The Hall–Kier alpha value is -0.590. The summed E-state index contributed by atoms with van der Waals surface area (Å²) in [6, 6.07) is 2.26. The molecule has 0 spiro atoms. The predicted octanol–water partition coefficient (Wildman–Crippen LogP) is 2.08. The Morgan fingerprint density at radius 2 is 2.21 bits per heavy atom. The van der Waals surface area contributed by atoms with Crippen LogP contribution in [0.3, 0.4) is 0 Å². The average molecular weight is 198 g/mol. The van der Waals surface area contributed by atoms with Crippen LogP contribution in [0, 0.1) is 11.3 Å². The van der Waals surface area contributed by atoms with Gasteiger partial charge >= 0.3 is 0 Å². The molecule has 0 heterocycles. The monoisotopic (exact) mass is 198 g/mol. The molecule has 0 fully saturated rings. The third kappa shape index (κ3) is 5.21. The zero-order valence-corrected chi connectivity index (χ0v) is 9.76. The molecule has 82 valence electrons. The van der Waals surface area contributed by atoms with Crippen LogP contribution in [0.2, 0.25) is 0 Å². The number of hydrogen-bond donors (Lipinski definition) is 1. The molecule has 0 aliphatic heterocycles. The molecule has 3 nitrogen and oxygen atoms in total. The van der Waals surface area contributed by atoms with Crippen molar-refractivity contribution in [3.63, 3.8) is 0 Å². The highest BCUT2D eigenvalue weighted by Gasteiger charge is 2.19. The van der Waals surface area contributed by atoms with Crippen molar-refractivity contribution in [2.45, 2.75) is 51.7 Å². The van der Waals surface area contributed by atoms with Gasteiger partial charge in [0.15, 0.2) is 0 Å². The minimum Gasteiger partial charge on any atom is -0.379 e. The Kier molecular flexibility index (Phi) is 6.52. The van der Waals surface area contributed by atoms with Gasteiger partial charge in [-0.1, -0.05) is 6.92 Å². The minimum atomic E-state index is -0.404. The fraction of sp³-hybridized carbons (Fsp3) is 0.909. The molecule has 2 unspecified atom stereocenters. The Labute approximate surface area is 87.4 Å². The van der Waals surface area contributed by atoms with Gasteiger partial charge in [-0.15, -0.1) is 0 Å². The lowest BCUT2D eigenvalue weighted by Crippen LogP contribution is -2.38. The first kappa shape index (κ1) is 13.4. The molecule has 1 N–H and O–H groups in total. The number of hydrogen-bond acceptors (Lipinski definition) is 3. The first-order valence-electron chi connectivity index (χ1n) is 5.29. The van der Waals surface area contributed by atoms with Crippen molar-refractivity contribution in [2.75, 3.05) is 13.7 Å². The minimum absolute atomic E-state index is 0.331. The van der Waals surface area contributed by atoms with Crippen molar-refractivity contribution in [1.82, 2.24) is 5.32 Å². The molecule has 2 atom stereocenters. The third-order valence-electron chi connectivity index (χ3n) is 2.60. The van der Waals surface area contributed by atoms with Crippen molar-refractivity contribution >= 4 is 0 Å². The number of nitrogens with zero attached hydrogens (tertiary/aromatic N) is 1. The van der Waals surface area contributed by atoms with E-state index in [1.165, 1.54) is 0 Å². The predicted molar refractivity (Wildman–Crippen MR) is 58.0 cm³/mol. The summed E-state index contributed by atoms with van der Waals surface area (Å²) in [5.41, 5.74) is -0.404. The molecule has 0 rings (SSSR count). The zero-order valence-electron chi connectivity index (χ0n) is 9.76. The molecular weight excluding hydrogens is 176 g/mol. The number of rotatable bonds is 7. The normalized spacial score (nSPS) is 17.1. The van der Waals surface area contributed by atoms with Crippen LogP contribution in [0.4, 0.5) is 0 Å². The van der Waals surface area contributed by atoms with E-state index >= 15 is 0 Å². The highest BCUT2D eigenvalue weighted by Crippen LogP contribution is 2.10.